The van der Waals surface area contributed by atoms with E-state index in [1.165, 1.54) is 26.3 Å². The lowest BCUT2D eigenvalue weighted by atomic mass is 10.2. The summed E-state index contributed by atoms with van der Waals surface area (Å²) in [7, 11) is -0.104. The van der Waals surface area contributed by atoms with Crippen LogP contribution < -0.4 is 10.1 Å². The molecule has 0 aromatic heterocycles. The predicted molar refractivity (Wildman–Crippen MR) is 73.8 cm³/mol. The first-order valence-electron chi connectivity index (χ1n) is 5.82. The molecule has 21 heavy (non-hydrogen) atoms. The Morgan fingerprint density at radius 3 is 2.48 bits per heavy atom. The van der Waals surface area contributed by atoms with Crippen LogP contribution in [0.15, 0.2) is 23.1 Å². The maximum absolute atomic E-state index is 12.2. The van der Waals surface area contributed by atoms with E-state index in [0.29, 0.717) is 4.31 Å². The second kappa shape index (κ2) is 6.55. The number of carboxylic acid groups (broad SMARTS) is 1. The van der Waals surface area contributed by atoms with Crippen LogP contribution in [0.4, 0.5) is 0 Å². The molecule has 1 aromatic carbocycles. The smallest absolute Gasteiger partial charge is 0.318 e. The molecular weight excluding hydrogens is 300 g/mol. The monoisotopic (exact) mass is 316 g/mol. The first kappa shape index (κ1) is 16.9. The van der Waals surface area contributed by atoms with Crippen LogP contribution in [0, 0.1) is 0 Å². The Morgan fingerprint density at radius 1 is 1.38 bits per heavy atom. The van der Waals surface area contributed by atoms with E-state index in [9.17, 15) is 18.0 Å². The average molecular weight is 316 g/mol. The van der Waals surface area contributed by atoms with Crippen molar-refractivity contribution < 1.29 is 27.9 Å². The number of aliphatic carboxylic acids is 1. The molecule has 0 heterocycles. The van der Waals surface area contributed by atoms with Gasteiger partial charge in [0.2, 0.25) is 10.0 Å². The normalized spacial score (nSPS) is 11.2. The number of likely N-dealkylation sites (N-methyl/N-ethyl adjacent to an activating group) is 1. The summed E-state index contributed by atoms with van der Waals surface area (Å²) in [5, 5.41) is 11.0. The number of amides is 1. The molecule has 0 radical (unpaired) electrons. The molecule has 0 fully saturated rings. The van der Waals surface area contributed by atoms with Crippen molar-refractivity contribution in [3.8, 4) is 5.75 Å². The number of hydrogen-bond donors (Lipinski definition) is 2. The molecule has 0 saturated carbocycles. The van der Waals surface area contributed by atoms with E-state index in [4.69, 9.17) is 9.84 Å². The molecule has 1 amide bonds. The van der Waals surface area contributed by atoms with E-state index < -0.39 is 28.4 Å². The van der Waals surface area contributed by atoms with E-state index in [1.54, 1.807) is 0 Å². The minimum atomic E-state index is -4.01. The van der Waals surface area contributed by atoms with Crippen LogP contribution in [-0.4, -0.2) is 57.5 Å². The van der Waals surface area contributed by atoms with Crippen LogP contribution in [0.3, 0.4) is 0 Å². The maximum atomic E-state index is 12.2. The van der Waals surface area contributed by atoms with Gasteiger partial charge in [0, 0.05) is 14.1 Å². The van der Waals surface area contributed by atoms with Crippen LogP contribution >= 0.6 is 0 Å². The van der Waals surface area contributed by atoms with Crippen LogP contribution in [-0.2, 0) is 14.8 Å². The first-order valence-corrected chi connectivity index (χ1v) is 7.26. The minimum Gasteiger partial charge on any atom is -0.496 e. The highest BCUT2D eigenvalue weighted by Gasteiger charge is 2.25. The van der Waals surface area contributed by atoms with E-state index in [1.807, 2.05) is 0 Å². The Morgan fingerprint density at radius 2 is 2.00 bits per heavy atom. The molecule has 0 unspecified atom stereocenters. The lowest BCUT2D eigenvalue weighted by Gasteiger charge is -2.16. The molecule has 0 bridgehead atoms. The number of benzene rings is 1. The Hall–Kier alpha value is -2.13. The molecule has 0 aliphatic heterocycles. The summed E-state index contributed by atoms with van der Waals surface area (Å²) in [5.41, 5.74) is 0.0461. The highest BCUT2D eigenvalue weighted by atomic mass is 32.2. The van der Waals surface area contributed by atoms with E-state index in [0.717, 1.165) is 13.1 Å². The molecule has 0 atom stereocenters. The molecule has 1 aromatic rings. The Balaban J connectivity index is 3.31. The summed E-state index contributed by atoms with van der Waals surface area (Å²) in [5.74, 6) is -1.57. The van der Waals surface area contributed by atoms with Gasteiger partial charge in [-0.1, -0.05) is 0 Å². The van der Waals surface area contributed by atoms with Crippen LogP contribution in [0.5, 0.6) is 5.75 Å². The van der Waals surface area contributed by atoms with Crippen LogP contribution in [0.2, 0.25) is 0 Å². The minimum absolute atomic E-state index is 0.0461. The highest BCUT2D eigenvalue weighted by Crippen LogP contribution is 2.24. The van der Waals surface area contributed by atoms with E-state index in [-0.39, 0.29) is 16.2 Å². The fraction of sp³-hybridized carbons (Fsp3) is 0.333. The van der Waals surface area contributed by atoms with Gasteiger partial charge in [0.1, 0.15) is 12.3 Å². The van der Waals surface area contributed by atoms with Crippen LogP contribution in [0.25, 0.3) is 0 Å². The summed E-state index contributed by atoms with van der Waals surface area (Å²) in [6.07, 6.45) is 0. The second-order valence-corrected chi connectivity index (χ2v) is 6.14. The number of rotatable bonds is 6. The van der Waals surface area contributed by atoms with Crippen molar-refractivity contribution in [1.82, 2.24) is 9.62 Å². The van der Waals surface area contributed by atoms with Gasteiger partial charge in [0.05, 0.1) is 17.6 Å². The number of methoxy groups -OCH3 is 1. The maximum Gasteiger partial charge on any atom is 0.318 e. The van der Waals surface area contributed by atoms with E-state index >= 15 is 0 Å². The molecule has 0 aliphatic carbocycles. The van der Waals surface area contributed by atoms with Gasteiger partial charge in [-0.15, -0.1) is 0 Å². The van der Waals surface area contributed by atoms with Crippen molar-refractivity contribution in [1.29, 1.82) is 0 Å². The highest BCUT2D eigenvalue weighted by molar-refractivity contribution is 7.89. The standard InChI is InChI=1S/C12H16N2O6S/c1-13-12(17)9-6-8(4-5-10(9)20-3)21(18,19)14(2)7-11(15)16/h4-6H,7H2,1-3H3,(H,13,17)(H,15,16). The summed E-state index contributed by atoms with van der Waals surface area (Å²) in [4.78, 5) is 22.2. The summed E-state index contributed by atoms with van der Waals surface area (Å²) >= 11 is 0. The van der Waals surface area contributed by atoms with E-state index in [2.05, 4.69) is 5.32 Å². The zero-order valence-electron chi connectivity index (χ0n) is 11.8. The van der Waals surface area contributed by atoms with Gasteiger partial charge in [0.15, 0.2) is 0 Å². The van der Waals surface area contributed by atoms with Gasteiger partial charge in [-0.25, -0.2) is 8.42 Å². The topological polar surface area (TPSA) is 113 Å². The Bertz CT molecular complexity index is 656. The quantitative estimate of drug-likeness (QED) is 0.749. The van der Waals surface area contributed by atoms with Crippen molar-refractivity contribution in [3.63, 3.8) is 0 Å². The van der Waals surface area contributed by atoms with Gasteiger partial charge < -0.3 is 15.2 Å². The summed E-state index contributed by atoms with van der Waals surface area (Å²) < 4.78 is 30.1. The van der Waals surface area contributed by atoms with Crippen molar-refractivity contribution in [2.24, 2.45) is 0 Å². The number of ether oxygens (including phenoxy) is 1. The van der Waals surface area contributed by atoms with Crippen LogP contribution in [0.1, 0.15) is 10.4 Å². The molecule has 2 N–H and O–H groups in total. The molecule has 116 valence electrons. The number of nitrogens with zero attached hydrogens (tertiary/aromatic N) is 1. The number of carboxylic acids is 1. The zero-order chi connectivity index (χ0) is 16.2. The van der Waals surface area contributed by atoms with Crippen molar-refractivity contribution >= 4 is 21.9 Å². The fourth-order valence-corrected chi connectivity index (χ4v) is 2.76. The summed E-state index contributed by atoms with van der Waals surface area (Å²) in [6, 6.07) is 3.73. The number of carbonyl (C=O) groups excluding carboxylic acids is 1. The van der Waals surface area contributed by atoms with Crippen molar-refractivity contribution in [3.05, 3.63) is 23.8 Å². The van der Waals surface area contributed by atoms with Gasteiger partial charge in [-0.2, -0.15) is 4.31 Å². The predicted octanol–water partition coefficient (Wildman–Crippen LogP) is -0.240. The number of sulfonamides is 1. The molecular formula is C12H16N2O6S. The van der Waals surface area contributed by atoms with Gasteiger partial charge in [0.25, 0.3) is 5.91 Å². The Labute approximate surface area is 122 Å². The average Bonchev–Trinajstić information content (AvgIpc) is 2.44. The zero-order valence-corrected chi connectivity index (χ0v) is 12.6. The second-order valence-electron chi connectivity index (χ2n) is 4.10. The van der Waals surface area contributed by atoms with Gasteiger partial charge in [-0.05, 0) is 18.2 Å². The number of hydrogen-bond acceptors (Lipinski definition) is 5. The molecule has 0 spiro atoms. The summed E-state index contributed by atoms with van der Waals surface area (Å²) in [6.45, 7) is -0.677. The number of nitrogens with one attached hydrogen (secondary N) is 1. The van der Waals surface area contributed by atoms with Gasteiger partial charge >= 0.3 is 5.97 Å². The largest absolute Gasteiger partial charge is 0.496 e. The third-order valence-electron chi connectivity index (χ3n) is 2.71. The molecule has 9 heteroatoms. The molecule has 1 rings (SSSR count). The fourth-order valence-electron chi connectivity index (χ4n) is 1.62. The third-order valence-corrected chi connectivity index (χ3v) is 4.51. The number of carbonyl (C=O) groups is 2. The lowest BCUT2D eigenvalue weighted by Crippen LogP contribution is -2.32. The third kappa shape index (κ3) is 3.70. The first-order chi connectivity index (χ1) is 9.73. The van der Waals surface area contributed by atoms with Crippen molar-refractivity contribution in [2.75, 3.05) is 27.7 Å². The molecule has 8 nitrogen and oxygen atoms in total. The lowest BCUT2D eigenvalue weighted by molar-refractivity contribution is -0.137. The Kier molecular flexibility index (Phi) is 5.28. The van der Waals surface area contributed by atoms with Crippen molar-refractivity contribution in [2.45, 2.75) is 4.90 Å². The molecule has 0 saturated heterocycles. The SMILES string of the molecule is CNC(=O)c1cc(S(=O)(=O)N(C)CC(=O)O)ccc1OC. The van der Waals surface area contributed by atoms with Gasteiger partial charge in [-0.3, -0.25) is 9.59 Å². The molecule has 0 aliphatic rings.